The number of hydrogen-bond donors (Lipinski definition) is 2. The molecule has 2 N–H and O–H groups in total. The van der Waals surface area contributed by atoms with E-state index in [9.17, 15) is 14.7 Å². The summed E-state index contributed by atoms with van der Waals surface area (Å²) in [4.78, 5) is 25.8. The van der Waals surface area contributed by atoms with Gasteiger partial charge in [0.25, 0.3) is 0 Å². The molecule has 1 atom stereocenters. The number of rotatable bonds is 6. The Morgan fingerprint density at radius 1 is 1.16 bits per heavy atom. The number of fused-ring (bicyclic) bond motifs is 1. The quantitative estimate of drug-likeness (QED) is 0.541. The standard InChI is InChI=1S/C24H23NO5S/c1-13(2)30-18-7-5-4-6-16(18)17-12-19(26)25-21-20(23(24(27)28)31-22(17)21)14-8-10-15(29-3)11-9-14/h4-11,13,17H,12H2,1-3H3,(H,25,26)(H,27,28)/t17-/m0/s1. The molecule has 0 saturated carbocycles. The van der Waals surface area contributed by atoms with Gasteiger partial charge in [-0.25, -0.2) is 4.79 Å². The number of carboxylic acids is 1. The molecule has 31 heavy (non-hydrogen) atoms. The molecule has 0 fully saturated rings. The average Bonchev–Trinajstić information content (AvgIpc) is 3.13. The van der Waals surface area contributed by atoms with Crippen molar-refractivity contribution >= 4 is 28.9 Å². The molecule has 7 heteroatoms. The summed E-state index contributed by atoms with van der Waals surface area (Å²) in [5, 5.41) is 12.8. The predicted octanol–water partition coefficient (Wildman–Crippen LogP) is 5.38. The maximum atomic E-state index is 12.7. The van der Waals surface area contributed by atoms with E-state index in [4.69, 9.17) is 9.47 Å². The molecule has 0 bridgehead atoms. The fourth-order valence-electron chi connectivity index (χ4n) is 3.85. The number of hydrogen-bond acceptors (Lipinski definition) is 5. The van der Waals surface area contributed by atoms with Gasteiger partial charge >= 0.3 is 5.97 Å². The van der Waals surface area contributed by atoms with Crippen LogP contribution in [0.3, 0.4) is 0 Å². The first kappa shape index (κ1) is 20.9. The summed E-state index contributed by atoms with van der Waals surface area (Å²) >= 11 is 1.21. The predicted molar refractivity (Wildman–Crippen MR) is 121 cm³/mol. The van der Waals surface area contributed by atoms with Crippen molar-refractivity contribution in [3.63, 3.8) is 0 Å². The molecule has 1 aliphatic rings. The summed E-state index contributed by atoms with van der Waals surface area (Å²) in [7, 11) is 1.58. The Morgan fingerprint density at radius 3 is 2.52 bits per heavy atom. The number of aromatic carboxylic acids is 1. The molecule has 6 nitrogen and oxygen atoms in total. The Balaban J connectivity index is 1.89. The smallest absolute Gasteiger partial charge is 0.346 e. The summed E-state index contributed by atoms with van der Waals surface area (Å²) in [6.07, 6.45) is 0.207. The summed E-state index contributed by atoms with van der Waals surface area (Å²) in [5.74, 6) is -0.0779. The Hall–Kier alpha value is -3.32. The van der Waals surface area contributed by atoms with Crippen LogP contribution in [0.15, 0.2) is 48.5 Å². The molecular weight excluding hydrogens is 414 g/mol. The molecule has 0 spiro atoms. The van der Waals surface area contributed by atoms with Crippen LogP contribution in [-0.2, 0) is 4.79 Å². The van der Waals surface area contributed by atoms with Gasteiger partial charge in [0.1, 0.15) is 16.4 Å². The van der Waals surface area contributed by atoms with Crippen molar-refractivity contribution in [3.8, 4) is 22.6 Å². The van der Waals surface area contributed by atoms with Gasteiger partial charge in [0, 0.05) is 28.3 Å². The van der Waals surface area contributed by atoms with E-state index in [0.29, 0.717) is 28.3 Å². The maximum absolute atomic E-state index is 12.7. The second-order valence-electron chi connectivity index (χ2n) is 7.59. The van der Waals surface area contributed by atoms with Crippen LogP contribution >= 0.6 is 11.3 Å². The molecule has 0 radical (unpaired) electrons. The van der Waals surface area contributed by atoms with E-state index in [-0.39, 0.29) is 29.2 Å². The summed E-state index contributed by atoms with van der Waals surface area (Å²) in [5.41, 5.74) is 2.68. The van der Waals surface area contributed by atoms with E-state index in [0.717, 1.165) is 10.4 Å². The van der Waals surface area contributed by atoms with Crippen LogP contribution in [0.25, 0.3) is 11.1 Å². The van der Waals surface area contributed by atoms with Gasteiger partial charge in [-0.2, -0.15) is 0 Å². The number of methoxy groups -OCH3 is 1. The number of anilines is 1. The van der Waals surface area contributed by atoms with Crippen molar-refractivity contribution < 1.29 is 24.2 Å². The fraction of sp³-hybridized carbons (Fsp3) is 0.250. The van der Waals surface area contributed by atoms with E-state index >= 15 is 0 Å². The number of carbonyl (C=O) groups excluding carboxylic acids is 1. The Kier molecular flexibility index (Phi) is 5.69. The summed E-state index contributed by atoms with van der Waals surface area (Å²) in [6, 6.07) is 14.8. The highest BCUT2D eigenvalue weighted by molar-refractivity contribution is 7.15. The second kappa shape index (κ2) is 8.43. The number of ether oxygens (including phenoxy) is 2. The van der Waals surface area contributed by atoms with Crippen LogP contribution in [0, 0.1) is 0 Å². The van der Waals surface area contributed by atoms with Crippen LogP contribution in [0.1, 0.15) is 46.3 Å². The highest BCUT2D eigenvalue weighted by atomic mass is 32.1. The first-order chi connectivity index (χ1) is 14.9. The van der Waals surface area contributed by atoms with Gasteiger partial charge in [-0.3, -0.25) is 4.79 Å². The second-order valence-corrected chi connectivity index (χ2v) is 8.64. The van der Waals surface area contributed by atoms with Crippen LogP contribution in [0.2, 0.25) is 0 Å². The molecule has 3 aromatic rings. The van der Waals surface area contributed by atoms with Gasteiger partial charge in [0.05, 0.1) is 18.9 Å². The number of carboxylic acid groups (broad SMARTS) is 1. The van der Waals surface area contributed by atoms with Crippen molar-refractivity contribution in [3.05, 3.63) is 63.8 Å². The zero-order valence-corrected chi connectivity index (χ0v) is 18.3. The third kappa shape index (κ3) is 4.01. The van der Waals surface area contributed by atoms with E-state index in [1.165, 1.54) is 11.3 Å². The lowest BCUT2D eigenvalue weighted by atomic mass is 9.88. The largest absolute Gasteiger partial charge is 0.497 e. The van der Waals surface area contributed by atoms with Crippen molar-refractivity contribution in [2.75, 3.05) is 12.4 Å². The highest BCUT2D eigenvalue weighted by Gasteiger charge is 2.35. The van der Waals surface area contributed by atoms with E-state index in [2.05, 4.69) is 5.32 Å². The first-order valence-electron chi connectivity index (χ1n) is 9.98. The Bertz CT molecular complexity index is 1130. The molecule has 0 unspecified atom stereocenters. The third-order valence-electron chi connectivity index (χ3n) is 5.14. The third-order valence-corrected chi connectivity index (χ3v) is 6.43. The monoisotopic (exact) mass is 437 g/mol. The minimum absolute atomic E-state index is 0.0224. The highest BCUT2D eigenvalue weighted by Crippen LogP contribution is 2.50. The van der Waals surface area contributed by atoms with Crippen molar-refractivity contribution in [1.29, 1.82) is 0 Å². The molecule has 160 valence electrons. The van der Waals surface area contributed by atoms with Gasteiger partial charge in [-0.1, -0.05) is 30.3 Å². The van der Waals surface area contributed by atoms with Crippen LogP contribution in [0.4, 0.5) is 5.69 Å². The SMILES string of the molecule is COc1ccc(-c2c(C(=O)O)sc3c2NC(=O)C[C@H]3c2ccccc2OC(C)C)cc1. The average molecular weight is 438 g/mol. The molecule has 0 aliphatic carbocycles. The van der Waals surface area contributed by atoms with Gasteiger partial charge in [0.2, 0.25) is 5.91 Å². The van der Waals surface area contributed by atoms with Crippen molar-refractivity contribution in [1.82, 2.24) is 0 Å². The normalized spacial score (nSPS) is 15.4. The molecular formula is C24H23NO5S. The molecule has 4 rings (SSSR count). The van der Waals surface area contributed by atoms with Gasteiger partial charge in [0.15, 0.2) is 0 Å². The van der Waals surface area contributed by atoms with E-state index < -0.39 is 5.97 Å². The topological polar surface area (TPSA) is 84.9 Å². The molecule has 0 saturated heterocycles. The van der Waals surface area contributed by atoms with Crippen molar-refractivity contribution in [2.45, 2.75) is 32.3 Å². The lowest BCUT2D eigenvalue weighted by Gasteiger charge is -2.26. The fourth-order valence-corrected chi connectivity index (χ4v) is 5.09. The molecule has 2 heterocycles. The number of benzene rings is 2. The lowest BCUT2D eigenvalue weighted by molar-refractivity contribution is -0.116. The number of carbonyl (C=O) groups is 2. The van der Waals surface area contributed by atoms with Gasteiger partial charge in [-0.15, -0.1) is 11.3 Å². The minimum Gasteiger partial charge on any atom is -0.497 e. The van der Waals surface area contributed by atoms with Crippen molar-refractivity contribution in [2.24, 2.45) is 0 Å². The van der Waals surface area contributed by atoms with Crippen LogP contribution < -0.4 is 14.8 Å². The maximum Gasteiger partial charge on any atom is 0.346 e. The molecule has 1 aromatic heterocycles. The Labute approximate surface area is 184 Å². The van der Waals surface area contributed by atoms with Crippen LogP contribution in [-0.4, -0.2) is 30.2 Å². The summed E-state index contributed by atoms with van der Waals surface area (Å²) < 4.78 is 11.2. The zero-order chi connectivity index (χ0) is 22.1. The summed E-state index contributed by atoms with van der Waals surface area (Å²) in [6.45, 7) is 3.90. The van der Waals surface area contributed by atoms with Gasteiger partial charge < -0.3 is 19.9 Å². The zero-order valence-electron chi connectivity index (χ0n) is 17.5. The number of para-hydroxylation sites is 1. The first-order valence-corrected chi connectivity index (χ1v) is 10.8. The molecule has 2 aromatic carbocycles. The van der Waals surface area contributed by atoms with E-state index in [1.54, 1.807) is 31.4 Å². The minimum atomic E-state index is -1.02. The van der Waals surface area contributed by atoms with Crippen LogP contribution in [0.5, 0.6) is 11.5 Å². The lowest BCUT2D eigenvalue weighted by Crippen LogP contribution is -2.23. The Morgan fingerprint density at radius 2 is 1.87 bits per heavy atom. The molecule has 1 amide bonds. The number of nitrogens with one attached hydrogen (secondary N) is 1. The van der Waals surface area contributed by atoms with E-state index in [1.807, 2.05) is 38.1 Å². The number of amides is 1. The number of thiophene rings is 1. The van der Waals surface area contributed by atoms with Gasteiger partial charge in [-0.05, 0) is 37.6 Å². The molecule has 1 aliphatic heterocycles.